The molecule has 0 aliphatic rings. The van der Waals surface area contributed by atoms with E-state index < -0.39 is 0 Å². The van der Waals surface area contributed by atoms with E-state index >= 15 is 0 Å². The molecule has 2 aromatic carbocycles. The maximum absolute atomic E-state index is 3.85. The highest BCUT2D eigenvalue weighted by molar-refractivity contribution is 9.09. The summed E-state index contributed by atoms with van der Waals surface area (Å²) in [5.41, 5.74) is 6.10. The van der Waals surface area contributed by atoms with Crippen molar-refractivity contribution in [2.24, 2.45) is 0 Å². The van der Waals surface area contributed by atoms with Gasteiger partial charge in [-0.3, -0.25) is 0 Å². The molecule has 0 aliphatic heterocycles. The van der Waals surface area contributed by atoms with Gasteiger partial charge in [0, 0.05) is 9.65 Å². The SMILES string of the molecule is CCCCC(Br)c1ccccc1C(Br)CCCC.CCCCCc1ccccc1CCCCC. The van der Waals surface area contributed by atoms with Gasteiger partial charge in [0.2, 0.25) is 0 Å². The molecule has 0 aromatic heterocycles. The lowest BCUT2D eigenvalue weighted by Crippen LogP contribution is -2.00. The third-order valence-electron chi connectivity index (χ3n) is 6.51. The van der Waals surface area contributed by atoms with E-state index in [1.54, 1.807) is 11.1 Å². The number of benzene rings is 2. The Morgan fingerprint density at radius 2 is 0.853 bits per heavy atom. The van der Waals surface area contributed by atoms with Gasteiger partial charge in [0.25, 0.3) is 0 Å². The molecule has 192 valence electrons. The van der Waals surface area contributed by atoms with Gasteiger partial charge in [0.05, 0.1) is 0 Å². The third kappa shape index (κ3) is 12.9. The van der Waals surface area contributed by atoms with Crippen LogP contribution in [0.3, 0.4) is 0 Å². The normalized spacial score (nSPS) is 12.6. The van der Waals surface area contributed by atoms with Crippen LogP contribution in [0.5, 0.6) is 0 Å². The van der Waals surface area contributed by atoms with Crippen LogP contribution in [0.25, 0.3) is 0 Å². The smallest absolute Gasteiger partial charge is 0.0398 e. The Labute approximate surface area is 229 Å². The van der Waals surface area contributed by atoms with Crippen molar-refractivity contribution in [3.05, 3.63) is 70.8 Å². The topological polar surface area (TPSA) is 0 Å². The fraction of sp³-hybridized carbons (Fsp3) is 0.625. The van der Waals surface area contributed by atoms with Crippen molar-refractivity contribution in [1.29, 1.82) is 0 Å². The van der Waals surface area contributed by atoms with E-state index in [2.05, 4.69) is 108 Å². The van der Waals surface area contributed by atoms with Crippen molar-refractivity contribution in [2.45, 2.75) is 127 Å². The number of halogens is 2. The predicted molar refractivity (Wildman–Crippen MR) is 162 cm³/mol. The van der Waals surface area contributed by atoms with E-state index in [-0.39, 0.29) is 0 Å². The molecular weight excluding hydrogens is 544 g/mol. The van der Waals surface area contributed by atoms with Crippen LogP contribution in [0.1, 0.15) is 137 Å². The first-order chi connectivity index (χ1) is 16.6. The summed E-state index contributed by atoms with van der Waals surface area (Å²) in [6.07, 6.45) is 18.1. The Hall–Kier alpha value is -0.600. The fourth-order valence-corrected chi connectivity index (χ4v) is 5.82. The molecule has 2 unspecified atom stereocenters. The highest BCUT2D eigenvalue weighted by Gasteiger charge is 2.16. The lowest BCUT2D eigenvalue weighted by atomic mass is 9.97. The molecule has 0 N–H and O–H groups in total. The zero-order valence-corrected chi connectivity index (χ0v) is 25.6. The summed E-state index contributed by atoms with van der Waals surface area (Å²) in [6.45, 7) is 9.04. The molecule has 2 rings (SSSR count). The quantitative estimate of drug-likeness (QED) is 0.134. The van der Waals surface area contributed by atoms with Crippen LogP contribution in [0.15, 0.2) is 48.5 Å². The van der Waals surface area contributed by atoms with Crippen LogP contribution in [-0.4, -0.2) is 0 Å². The number of rotatable bonds is 16. The van der Waals surface area contributed by atoms with Gasteiger partial charge < -0.3 is 0 Å². The van der Waals surface area contributed by atoms with Crippen molar-refractivity contribution in [3.63, 3.8) is 0 Å². The van der Waals surface area contributed by atoms with E-state index in [9.17, 15) is 0 Å². The van der Waals surface area contributed by atoms with Gasteiger partial charge in [-0.25, -0.2) is 0 Å². The molecule has 0 nitrogen and oxygen atoms in total. The lowest BCUT2D eigenvalue weighted by Gasteiger charge is -2.18. The second-order valence-corrected chi connectivity index (χ2v) is 11.7. The van der Waals surface area contributed by atoms with E-state index in [4.69, 9.17) is 0 Å². The predicted octanol–water partition coefficient (Wildman–Crippen LogP) is 12.1. The number of aryl methyl sites for hydroxylation is 2. The standard InChI is InChI=1S/C16H24Br2.C16H26/c1-3-5-11-15(17)13-9-7-8-10-14(13)16(18)12-6-4-2;1-3-5-7-11-15-13-9-10-14-16(15)12-8-6-4-2/h7-10,15-16H,3-6,11-12H2,1-2H3;9-10,13-14H,3-8,11-12H2,1-2H3. The highest BCUT2D eigenvalue weighted by Crippen LogP contribution is 2.38. The molecule has 0 saturated heterocycles. The highest BCUT2D eigenvalue weighted by atomic mass is 79.9. The number of hydrogen-bond donors (Lipinski definition) is 0. The van der Waals surface area contributed by atoms with Crippen LogP contribution in [0, 0.1) is 0 Å². The molecule has 2 heteroatoms. The fourth-order valence-electron chi connectivity index (χ4n) is 4.34. The van der Waals surface area contributed by atoms with Crippen molar-refractivity contribution >= 4 is 31.9 Å². The summed E-state index contributed by atoms with van der Waals surface area (Å²) in [5.74, 6) is 0. The minimum absolute atomic E-state index is 0.496. The second kappa shape index (κ2) is 20.6. The Morgan fingerprint density at radius 1 is 0.500 bits per heavy atom. The molecule has 0 heterocycles. The molecule has 0 aliphatic carbocycles. The van der Waals surface area contributed by atoms with Crippen LogP contribution in [0.2, 0.25) is 0 Å². The van der Waals surface area contributed by atoms with Crippen molar-refractivity contribution < 1.29 is 0 Å². The largest absolute Gasteiger partial charge is 0.0839 e. The number of alkyl halides is 2. The lowest BCUT2D eigenvalue weighted by molar-refractivity contribution is 0.688. The van der Waals surface area contributed by atoms with Gasteiger partial charge >= 0.3 is 0 Å². The molecule has 0 bridgehead atoms. The van der Waals surface area contributed by atoms with Crippen molar-refractivity contribution in [1.82, 2.24) is 0 Å². The Morgan fingerprint density at radius 3 is 1.21 bits per heavy atom. The maximum Gasteiger partial charge on any atom is 0.0398 e. The summed E-state index contributed by atoms with van der Waals surface area (Å²) in [6, 6.07) is 17.8. The summed E-state index contributed by atoms with van der Waals surface area (Å²) in [4.78, 5) is 0.991. The van der Waals surface area contributed by atoms with Gasteiger partial charge in [-0.05, 0) is 60.8 Å². The molecule has 0 spiro atoms. The molecule has 0 fully saturated rings. The molecule has 0 saturated carbocycles. The summed E-state index contributed by atoms with van der Waals surface area (Å²) >= 11 is 7.71. The van der Waals surface area contributed by atoms with E-state index in [0.717, 1.165) is 0 Å². The number of unbranched alkanes of at least 4 members (excludes halogenated alkanes) is 6. The molecular formula is C32H50Br2. The zero-order chi connectivity index (χ0) is 25.0. The van der Waals surface area contributed by atoms with E-state index in [0.29, 0.717) is 9.65 Å². The maximum atomic E-state index is 3.85. The van der Waals surface area contributed by atoms with Crippen LogP contribution in [0.4, 0.5) is 0 Å². The molecule has 0 amide bonds. The second-order valence-electron chi connectivity index (χ2n) is 9.53. The van der Waals surface area contributed by atoms with Crippen LogP contribution >= 0.6 is 31.9 Å². The Kier molecular flexibility index (Phi) is 19.0. The Balaban J connectivity index is 0.000000342. The zero-order valence-electron chi connectivity index (χ0n) is 22.4. The van der Waals surface area contributed by atoms with Crippen LogP contribution in [-0.2, 0) is 12.8 Å². The first kappa shape index (κ1) is 31.4. The summed E-state index contributed by atoms with van der Waals surface area (Å²) < 4.78 is 0. The van der Waals surface area contributed by atoms with Gasteiger partial charge in [-0.15, -0.1) is 0 Å². The van der Waals surface area contributed by atoms with Crippen LogP contribution < -0.4 is 0 Å². The molecule has 2 aromatic rings. The minimum Gasteiger partial charge on any atom is -0.0839 e. The third-order valence-corrected chi connectivity index (χ3v) is 8.41. The minimum atomic E-state index is 0.496. The van der Waals surface area contributed by atoms with Crippen molar-refractivity contribution in [2.75, 3.05) is 0 Å². The summed E-state index contributed by atoms with van der Waals surface area (Å²) in [7, 11) is 0. The van der Waals surface area contributed by atoms with Gasteiger partial charge in [-0.2, -0.15) is 0 Å². The van der Waals surface area contributed by atoms with Gasteiger partial charge in [0.15, 0.2) is 0 Å². The number of hydrogen-bond acceptors (Lipinski definition) is 0. The Bertz CT molecular complexity index is 677. The average molecular weight is 595 g/mol. The molecule has 0 radical (unpaired) electrons. The van der Waals surface area contributed by atoms with Crippen molar-refractivity contribution in [3.8, 4) is 0 Å². The van der Waals surface area contributed by atoms with E-state index in [1.807, 2.05) is 0 Å². The van der Waals surface area contributed by atoms with Gasteiger partial charge in [-0.1, -0.05) is 159 Å². The summed E-state index contributed by atoms with van der Waals surface area (Å²) in [5, 5.41) is 0. The average Bonchev–Trinajstić information content (AvgIpc) is 2.87. The van der Waals surface area contributed by atoms with Gasteiger partial charge in [0.1, 0.15) is 0 Å². The first-order valence-corrected chi connectivity index (χ1v) is 15.9. The monoisotopic (exact) mass is 592 g/mol. The molecule has 2 atom stereocenters. The van der Waals surface area contributed by atoms with E-state index in [1.165, 1.54) is 101 Å². The molecule has 34 heavy (non-hydrogen) atoms. The first-order valence-electron chi connectivity index (χ1n) is 14.0.